The number of aryl methyl sites for hydroxylation is 1. The van der Waals surface area contributed by atoms with Crippen molar-refractivity contribution in [2.24, 2.45) is 0 Å². The van der Waals surface area contributed by atoms with Gasteiger partial charge in [-0.2, -0.15) is 10.1 Å². The summed E-state index contributed by atoms with van der Waals surface area (Å²) < 4.78 is 12.9. The van der Waals surface area contributed by atoms with Crippen molar-refractivity contribution >= 4 is 29.1 Å². The van der Waals surface area contributed by atoms with Gasteiger partial charge < -0.3 is 10.6 Å². The van der Waals surface area contributed by atoms with E-state index < -0.39 is 0 Å². The summed E-state index contributed by atoms with van der Waals surface area (Å²) in [5.74, 6) is 0.695. The van der Waals surface area contributed by atoms with Gasteiger partial charge in [-0.05, 0) is 48.4 Å². The molecule has 0 fully saturated rings. The predicted molar refractivity (Wildman–Crippen MR) is 93.0 cm³/mol. The van der Waals surface area contributed by atoms with E-state index in [0.717, 1.165) is 16.8 Å². The number of nitrogens with one attached hydrogen (secondary N) is 2. The van der Waals surface area contributed by atoms with E-state index in [2.05, 4.69) is 25.8 Å². The standard InChI is InChI=1S/C17H15ClFN5/c1-11-8-13(18)4-7-15(11)22-17-23-16(10-21-24-17)20-9-12-2-5-14(19)6-3-12/h2-8,10H,9H2,1H3,(H2,20,22,23,24). The van der Waals surface area contributed by atoms with Crippen molar-refractivity contribution in [3.05, 3.63) is 70.6 Å². The molecule has 0 saturated carbocycles. The summed E-state index contributed by atoms with van der Waals surface area (Å²) in [6.45, 7) is 2.46. The average molecular weight is 344 g/mol. The number of hydrogen-bond donors (Lipinski definition) is 2. The fraction of sp³-hybridized carbons (Fsp3) is 0.118. The molecule has 24 heavy (non-hydrogen) atoms. The summed E-state index contributed by atoms with van der Waals surface area (Å²) in [5, 5.41) is 14.8. The summed E-state index contributed by atoms with van der Waals surface area (Å²) in [6.07, 6.45) is 1.53. The van der Waals surface area contributed by atoms with Gasteiger partial charge in [-0.15, -0.1) is 5.10 Å². The Hall–Kier alpha value is -2.73. The number of aromatic nitrogens is 3. The molecule has 2 aromatic carbocycles. The maximum absolute atomic E-state index is 12.9. The lowest BCUT2D eigenvalue weighted by Gasteiger charge is -2.09. The van der Waals surface area contributed by atoms with Gasteiger partial charge in [0.1, 0.15) is 5.82 Å². The van der Waals surface area contributed by atoms with Crippen molar-refractivity contribution in [2.45, 2.75) is 13.5 Å². The Balaban J connectivity index is 1.68. The molecule has 0 bridgehead atoms. The number of rotatable bonds is 5. The SMILES string of the molecule is Cc1cc(Cl)ccc1Nc1nncc(NCc2ccc(F)cc2)n1. The molecule has 0 aliphatic rings. The Labute approximate surface area is 143 Å². The van der Waals surface area contributed by atoms with Gasteiger partial charge >= 0.3 is 0 Å². The van der Waals surface area contributed by atoms with E-state index in [-0.39, 0.29) is 5.82 Å². The first-order chi connectivity index (χ1) is 11.6. The van der Waals surface area contributed by atoms with E-state index in [0.29, 0.717) is 23.3 Å². The first-order valence-corrected chi connectivity index (χ1v) is 7.69. The minimum absolute atomic E-state index is 0.257. The van der Waals surface area contributed by atoms with Crippen LogP contribution in [0, 0.1) is 12.7 Å². The monoisotopic (exact) mass is 343 g/mol. The molecule has 0 unspecified atom stereocenters. The van der Waals surface area contributed by atoms with Crippen LogP contribution in [0.15, 0.2) is 48.7 Å². The van der Waals surface area contributed by atoms with Crippen LogP contribution < -0.4 is 10.6 Å². The molecule has 0 spiro atoms. The predicted octanol–water partition coefficient (Wildman–Crippen LogP) is 4.33. The Bertz CT molecular complexity index is 839. The first kappa shape index (κ1) is 16.1. The molecule has 3 aromatic rings. The molecule has 0 radical (unpaired) electrons. The fourth-order valence-corrected chi connectivity index (χ4v) is 2.35. The minimum atomic E-state index is -0.257. The zero-order valence-corrected chi connectivity index (χ0v) is 13.7. The molecule has 122 valence electrons. The number of anilines is 3. The Kier molecular flexibility index (Phi) is 4.86. The average Bonchev–Trinajstić information content (AvgIpc) is 2.57. The van der Waals surface area contributed by atoms with Crippen LogP contribution in [-0.4, -0.2) is 15.2 Å². The van der Waals surface area contributed by atoms with E-state index in [1.165, 1.54) is 18.3 Å². The second-order valence-corrected chi connectivity index (χ2v) is 5.67. The van der Waals surface area contributed by atoms with Gasteiger partial charge in [-0.3, -0.25) is 0 Å². The highest BCUT2D eigenvalue weighted by Gasteiger charge is 2.04. The van der Waals surface area contributed by atoms with Gasteiger partial charge in [0, 0.05) is 17.3 Å². The Morgan fingerprint density at radius 2 is 1.92 bits per heavy atom. The van der Waals surface area contributed by atoms with Gasteiger partial charge in [0.05, 0.1) is 6.20 Å². The third kappa shape index (κ3) is 4.17. The Morgan fingerprint density at radius 3 is 2.67 bits per heavy atom. The molecule has 0 saturated heterocycles. The van der Waals surface area contributed by atoms with E-state index in [4.69, 9.17) is 11.6 Å². The molecule has 7 heteroatoms. The highest BCUT2D eigenvalue weighted by Crippen LogP contribution is 2.22. The molecule has 5 nitrogen and oxygen atoms in total. The van der Waals surface area contributed by atoms with Crippen LogP contribution in [0.1, 0.15) is 11.1 Å². The normalized spacial score (nSPS) is 10.5. The van der Waals surface area contributed by atoms with Crippen LogP contribution in [0.2, 0.25) is 5.02 Å². The van der Waals surface area contributed by atoms with Crippen LogP contribution in [0.4, 0.5) is 21.8 Å². The van der Waals surface area contributed by atoms with E-state index in [1.54, 1.807) is 18.2 Å². The lowest BCUT2D eigenvalue weighted by Crippen LogP contribution is -2.06. The Morgan fingerprint density at radius 1 is 1.12 bits per heavy atom. The van der Waals surface area contributed by atoms with Gasteiger partial charge in [-0.25, -0.2) is 4.39 Å². The summed E-state index contributed by atoms with van der Waals surface area (Å²) in [7, 11) is 0. The van der Waals surface area contributed by atoms with Crippen LogP contribution in [0.25, 0.3) is 0 Å². The van der Waals surface area contributed by atoms with Crippen LogP contribution in [0.3, 0.4) is 0 Å². The molecule has 2 N–H and O–H groups in total. The summed E-state index contributed by atoms with van der Waals surface area (Å²) in [5.41, 5.74) is 2.78. The molecule has 1 aromatic heterocycles. The lowest BCUT2D eigenvalue weighted by atomic mass is 10.2. The summed E-state index contributed by atoms with van der Waals surface area (Å²) in [4.78, 5) is 4.36. The van der Waals surface area contributed by atoms with Crippen molar-refractivity contribution in [2.75, 3.05) is 10.6 Å². The molecular weight excluding hydrogens is 329 g/mol. The van der Waals surface area contributed by atoms with Gasteiger partial charge in [0.25, 0.3) is 0 Å². The fourth-order valence-electron chi connectivity index (χ4n) is 2.12. The van der Waals surface area contributed by atoms with E-state index in [1.807, 2.05) is 19.1 Å². The quantitative estimate of drug-likeness (QED) is 0.722. The van der Waals surface area contributed by atoms with Gasteiger partial charge in [-0.1, -0.05) is 23.7 Å². The second-order valence-electron chi connectivity index (χ2n) is 5.23. The van der Waals surface area contributed by atoms with Crippen LogP contribution >= 0.6 is 11.6 Å². The number of nitrogens with zero attached hydrogens (tertiary/aromatic N) is 3. The maximum Gasteiger partial charge on any atom is 0.249 e. The molecule has 0 aliphatic carbocycles. The highest BCUT2D eigenvalue weighted by atomic mass is 35.5. The zero-order chi connectivity index (χ0) is 16.9. The molecule has 3 rings (SSSR count). The van der Waals surface area contributed by atoms with E-state index >= 15 is 0 Å². The van der Waals surface area contributed by atoms with Gasteiger partial charge in [0.2, 0.25) is 5.95 Å². The third-order valence-electron chi connectivity index (χ3n) is 3.38. The van der Waals surface area contributed by atoms with Crippen LogP contribution in [-0.2, 0) is 6.54 Å². The first-order valence-electron chi connectivity index (χ1n) is 7.31. The highest BCUT2D eigenvalue weighted by molar-refractivity contribution is 6.30. The van der Waals surface area contributed by atoms with Crippen molar-refractivity contribution < 1.29 is 4.39 Å². The van der Waals surface area contributed by atoms with Gasteiger partial charge in [0.15, 0.2) is 5.82 Å². The van der Waals surface area contributed by atoms with Crippen molar-refractivity contribution in [1.29, 1.82) is 0 Å². The smallest absolute Gasteiger partial charge is 0.249 e. The van der Waals surface area contributed by atoms with Crippen molar-refractivity contribution in [1.82, 2.24) is 15.2 Å². The minimum Gasteiger partial charge on any atom is -0.365 e. The number of halogens is 2. The molecule has 0 amide bonds. The number of hydrogen-bond acceptors (Lipinski definition) is 5. The molecular formula is C17H15ClFN5. The van der Waals surface area contributed by atoms with Crippen molar-refractivity contribution in [3.8, 4) is 0 Å². The topological polar surface area (TPSA) is 62.7 Å². The number of benzene rings is 2. The second kappa shape index (κ2) is 7.23. The third-order valence-corrected chi connectivity index (χ3v) is 3.62. The lowest BCUT2D eigenvalue weighted by molar-refractivity contribution is 0.627. The zero-order valence-electron chi connectivity index (χ0n) is 12.9. The largest absolute Gasteiger partial charge is 0.365 e. The van der Waals surface area contributed by atoms with E-state index in [9.17, 15) is 4.39 Å². The summed E-state index contributed by atoms with van der Waals surface area (Å²) >= 11 is 5.95. The summed E-state index contributed by atoms with van der Waals surface area (Å²) in [6, 6.07) is 11.8. The van der Waals surface area contributed by atoms with Crippen molar-refractivity contribution in [3.63, 3.8) is 0 Å². The maximum atomic E-state index is 12.9. The molecule has 0 atom stereocenters. The molecule has 1 heterocycles. The van der Waals surface area contributed by atoms with Crippen LogP contribution in [0.5, 0.6) is 0 Å². The molecule has 0 aliphatic heterocycles.